The van der Waals surface area contributed by atoms with E-state index in [9.17, 15) is 0 Å². The maximum absolute atomic E-state index is 6.22. The SMILES string of the molecule is Cc1cccc2oc3cccc(-c4nc(-c5ccccc5)nc(-c5cccc(-c6ccccc6)c5)n4)c3c12. The van der Waals surface area contributed by atoms with Crippen molar-refractivity contribution in [3.8, 4) is 45.3 Å². The van der Waals surface area contributed by atoms with Crippen LogP contribution in [0.3, 0.4) is 0 Å². The van der Waals surface area contributed by atoms with Crippen LogP contribution in [0.1, 0.15) is 5.56 Å². The molecule has 7 aromatic rings. The van der Waals surface area contributed by atoms with Gasteiger partial charge in [0.25, 0.3) is 0 Å². The number of aryl methyl sites for hydroxylation is 1. The van der Waals surface area contributed by atoms with Crippen LogP contribution in [-0.2, 0) is 0 Å². The molecule has 0 bridgehead atoms. The van der Waals surface area contributed by atoms with Crippen LogP contribution in [0, 0.1) is 6.92 Å². The number of hydrogen-bond donors (Lipinski definition) is 0. The maximum Gasteiger partial charge on any atom is 0.164 e. The molecule has 4 nitrogen and oxygen atoms in total. The van der Waals surface area contributed by atoms with Gasteiger partial charge in [0.15, 0.2) is 17.5 Å². The highest BCUT2D eigenvalue weighted by Crippen LogP contribution is 2.38. The van der Waals surface area contributed by atoms with Gasteiger partial charge in [-0.05, 0) is 41.8 Å². The van der Waals surface area contributed by atoms with E-state index in [-0.39, 0.29) is 0 Å². The van der Waals surface area contributed by atoms with Gasteiger partial charge in [0, 0.05) is 27.5 Å². The van der Waals surface area contributed by atoms with Gasteiger partial charge in [0.2, 0.25) is 0 Å². The summed E-state index contributed by atoms with van der Waals surface area (Å²) in [4.78, 5) is 15.0. The molecule has 2 aromatic heterocycles. The van der Waals surface area contributed by atoms with Crippen LogP contribution in [0.15, 0.2) is 126 Å². The summed E-state index contributed by atoms with van der Waals surface area (Å²) in [5.41, 5.74) is 7.91. The van der Waals surface area contributed by atoms with Crippen LogP contribution in [0.2, 0.25) is 0 Å². The smallest absolute Gasteiger partial charge is 0.164 e. The molecule has 5 aromatic carbocycles. The molecule has 0 unspecified atom stereocenters. The summed E-state index contributed by atoms with van der Waals surface area (Å²) >= 11 is 0. The lowest BCUT2D eigenvalue weighted by atomic mass is 10.0. The molecule has 0 radical (unpaired) electrons. The molecule has 0 saturated heterocycles. The minimum atomic E-state index is 0.621. The highest BCUT2D eigenvalue weighted by Gasteiger charge is 2.18. The summed E-state index contributed by atoms with van der Waals surface area (Å²) in [6.07, 6.45) is 0. The quantitative estimate of drug-likeness (QED) is 0.248. The third-order valence-corrected chi connectivity index (χ3v) is 6.87. The second-order valence-electron chi connectivity index (χ2n) is 9.35. The van der Waals surface area contributed by atoms with Crippen molar-refractivity contribution in [1.29, 1.82) is 0 Å². The van der Waals surface area contributed by atoms with Gasteiger partial charge in [-0.2, -0.15) is 0 Å². The number of furan rings is 1. The molecule has 0 amide bonds. The molecule has 0 fully saturated rings. The average molecular weight is 490 g/mol. The largest absolute Gasteiger partial charge is 0.456 e. The van der Waals surface area contributed by atoms with Gasteiger partial charge in [-0.1, -0.05) is 103 Å². The van der Waals surface area contributed by atoms with Crippen LogP contribution in [0.25, 0.3) is 67.2 Å². The number of rotatable bonds is 4. The monoisotopic (exact) mass is 489 g/mol. The lowest BCUT2D eigenvalue weighted by Gasteiger charge is -2.10. The van der Waals surface area contributed by atoms with E-state index in [0.717, 1.165) is 55.3 Å². The molecule has 2 heterocycles. The normalized spacial score (nSPS) is 11.3. The summed E-state index contributed by atoms with van der Waals surface area (Å²) in [7, 11) is 0. The lowest BCUT2D eigenvalue weighted by Crippen LogP contribution is -2.00. The fourth-order valence-corrected chi connectivity index (χ4v) is 5.04. The van der Waals surface area contributed by atoms with E-state index in [4.69, 9.17) is 19.4 Å². The zero-order valence-corrected chi connectivity index (χ0v) is 20.8. The van der Waals surface area contributed by atoms with E-state index in [0.29, 0.717) is 17.5 Å². The van der Waals surface area contributed by atoms with Crippen molar-refractivity contribution in [3.63, 3.8) is 0 Å². The number of nitrogens with zero attached hydrogens (tertiary/aromatic N) is 3. The van der Waals surface area contributed by atoms with Crippen molar-refractivity contribution >= 4 is 21.9 Å². The van der Waals surface area contributed by atoms with E-state index < -0.39 is 0 Å². The summed E-state index contributed by atoms with van der Waals surface area (Å²) in [5.74, 6) is 1.89. The first kappa shape index (κ1) is 22.1. The molecule has 0 aliphatic heterocycles. The van der Waals surface area contributed by atoms with Crippen LogP contribution in [0.4, 0.5) is 0 Å². The highest BCUT2D eigenvalue weighted by atomic mass is 16.3. The lowest BCUT2D eigenvalue weighted by molar-refractivity contribution is 0.669. The number of benzene rings is 5. The van der Waals surface area contributed by atoms with Crippen molar-refractivity contribution in [2.45, 2.75) is 6.92 Å². The predicted octanol–water partition coefficient (Wildman–Crippen LogP) is 8.75. The first-order chi connectivity index (χ1) is 18.7. The summed E-state index contributed by atoms with van der Waals surface area (Å²) < 4.78 is 6.22. The summed E-state index contributed by atoms with van der Waals surface area (Å²) in [6.45, 7) is 2.11. The third kappa shape index (κ3) is 3.84. The van der Waals surface area contributed by atoms with Gasteiger partial charge in [0.05, 0.1) is 0 Å². The first-order valence-corrected chi connectivity index (χ1v) is 12.6. The van der Waals surface area contributed by atoms with Crippen LogP contribution >= 0.6 is 0 Å². The average Bonchev–Trinajstić information content (AvgIpc) is 3.38. The highest BCUT2D eigenvalue weighted by molar-refractivity contribution is 6.13. The molecular formula is C34H23N3O. The van der Waals surface area contributed by atoms with Crippen molar-refractivity contribution in [3.05, 3.63) is 127 Å². The Kier molecular flexibility index (Phi) is 5.30. The van der Waals surface area contributed by atoms with E-state index in [1.807, 2.05) is 60.7 Å². The topological polar surface area (TPSA) is 51.8 Å². The molecule has 0 saturated carbocycles. The molecule has 38 heavy (non-hydrogen) atoms. The standard InChI is InChI=1S/C34H23N3O/c1-22-11-8-19-28-30(22)31-27(18-10-20-29(31)38-28)34-36-32(24-14-6-3-7-15-24)35-33(37-34)26-17-9-16-25(21-26)23-12-4-2-5-13-23/h2-21H,1H3. The van der Waals surface area contributed by atoms with Gasteiger partial charge < -0.3 is 4.42 Å². The number of fused-ring (bicyclic) bond motifs is 3. The minimum Gasteiger partial charge on any atom is -0.456 e. The molecular weight excluding hydrogens is 466 g/mol. The first-order valence-electron chi connectivity index (χ1n) is 12.6. The Hall–Kier alpha value is -5.09. The summed E-state index contributed by atoms with van der Waals surface area (Å²) in [6, 6.07) is 41.0. The zero-order valence-electron chi connectivity index (χ0n) is 20.8. The van der Waals surface area contributed by atoms with E-state index in [2.05, 4.69) is 67.6 Å². The molecule has 0 spiro atoms. The molecule has 7 rings (SSSR count). The van der Waals surface area contributed by atoms with Crippen LogP contribution in [-0.4, -0.2) is 15.0 Å². The summed E-state index contributed by atoms with van der Waals surface area (Å²) in [5, 5.41) is 2.11. The van der Waals surface area contributed by atoms with Crippen LogP contribution in [0.5, 0.6) is 0 Å². The van der Waals surface area contributed by atoms with E-state index >= 15 is 0 Å². The minimum absolute atomic E-state index is 0.621. The fourth-order valence-electron chi connectivity index (χ4n) is 5.04. The Bertz CT molecular complexity index is 1930. The second-order valence-corrected chi connectivity index (χ2v) is 9.35. The van der Waals surface area contributed by atoms with Gasteiger partial charge in [-0.15, -0.1) is 0 Å². The van der Waals surface area contributed by atoms with Gasteiger partial charge in [-0.3, -0.25) is 0 Å². The molecule has 0 aliphatic rings. The Labute approximate surface area is 220 Å². The van der Waals surface area contributed by atoms with Crippen molar-refractivity contribution in [1.82, 2.24) is 15.0 Å². The van der Waals surface area contributed by atoms with Crippen molar-refractivity contribution < 1.29 is 4.42 Å². The second kappa shape index (κ2) is 9.09. The van der Waals surface area contributed by atoms with Gasteiger partial charge in [0.1, 0.15) is 11.2 Å². The molecule has 4 heteroatoms. The van der Waals surface area contributed by atoms with Crippen LogP contribution < -0.4 is 0 Å². The predicted molar refractivity (Wildman–Crippen MR) is 154 cm³/mol. The molecule has 180 valence electrons. The van der Waals surface area contributed by atoms with Gasteiger partial charge >= 0.3 is 0 Å². The maximum atomic E-state index is 6.22. The van der Waals surface area contributed by atoms with Crippen molar-refractivity contribution in [2.75, 3.05) is 0 Å². The Morgan fingerprint density at radius 1 is 0.447 bits per heavy atom. The zero-order chi connectivity index (χ0) is 25.5. The Morgan fingerprint density at radius 2 is 1.00 bits per heavy atom. The fraction of sp³-hybridized carbons (Fsp3) is 0.0294. The Morgan fingerprint density at radius 3 is 1.76 bits per heavy atom. The Balaban J connectivity index is 1.48. The van der Waals surface area contributed by atoms with Crippen molar-refractivity contribution in [2.24, 2.45) is 0 Å². The molecule has 0 atom stereocenters. The third-order valence-electron chi connectivity index (χ3n) is 6.87. The van der Waals surface area contributed by atoms with E-state index in [1.165, 1.54) is 0 Å². The molecule has 0 N–H and O–H groups in total. The number of hydrogen-bond acceptors (Lipinski definition) is 4. The van der Waals surface area contributed by atoms with E-state index in [1.54, 1.807) is 0 Å². The van der Waals surface area contributed by atoms with Gasteiger partial charge in [-0.25, -0.2) is 15.0 Å². The molecule has 0 aliphatic carbocycles. The number of aromatic nitrogens is 3.